The van der Waals surface area contributed by atoms with E-state index in [0.717, 1.165) is 24.3 Å². The summed E-state index contributed by atoms with van der Waals surface area (Å²) in [7, 11) is 1.31. The minimum atomic E-state index is -0.460. The van der Waals surface area contributed by atoms with E-state index in [9.17, 15) is 4.79 Å². The number of rotatable bonds is 6. The van der Waals surface area contributed by atoms with Crippen LogP contribution >= 0.6 is 11.3 Å². The molecular formula is C8H11N5O2S. The smallest absolute Gasteiger partial charge is 0.369 e. The van der Waals surface area contributed by atoms with Crippen LogP contribution in [0, 0.1) is 0 Å². The Labute approximate surface area is 96.1 Å². The lowest BCUT2D eigenvalue weighted by Gasteiger charge is -1.92. The van der Waals surface area contributed by atoms with E-state index < -0.39 is 5.97 Å². The SMILES string of the molecule is COC(=O)c1nnc(CCCCN=[N+]=[N-])s1. The van der Waals surface area contributed by atoms with Gasteiger partial charge in [-0.2, -0.15) is 0 Å². The molecule has 0 unspecified atom stereocenters. The highest BCUT2D eigenvalue weighted by atomic mass is 32.1. The lowest BCUT2D eigenvalue weighted by Crippen LogP contribution is -1.99. The van der Waals surface area contributed by atoms with Crippen molar-refractivity contribution in [3.05, 3.63) is 20.5 Å². The Morgan fingerprint density at radius 3 is 3.06 bits per heavy atom. The minimum Gasteiger partial charge on any atom is -0.464 e. The van der Waals surface area contributed by atoms with Gasteiger partial charge >= 0.3 is 5.97 Å². The maximum Gasteiger partial charge on any atom is 0.369 e. The number of aromatic nitrogens is 2. The van der Waals surface area contributed by atoms with Crippen LogP contribution in [0.4, 0.5) is 0 Å². The molecule has 1 aromatic heterocycles. The summed E-state index contributed by atoms with van der Waals surface area (Å²) in [5, 5.41) is 12.1. The number of methoxy groups -OCH3 is 1. The van der Waals surface area contributed by atoms with E-state index in [4.69, 9.17) is 5.53 Å². The van der Waals surface area contributed by atoms with Crippen molar-refractivity contribution in [2.24, 2.45) is 5.11 Å². The number of aryl methyl sites for hydroxylation is 1. The Balaban J connectivity index is 2.34. The topological polar surface area (TPSA) is 101 Å². The van der Waals surface area contributed by atoms with Crippen molar-refractivity contribution in [1.29, 1.82) is 0 Å². The van der Waals surface area contributed by atoms with Gasteiger partial charge in [0.05, 0.1) is 7.11 Å². The molecule has 1 heterocycles. The molecular weight excluding hydrogens is 230 g/mol. The van der Waals surface area contributed by atoms with Crippen molar-refractivity contribution in [2.45, 2.75) is 19.3 Å². The molecule has 0 saturated carbocycles. The molecule has 0 bridgehead atoms. The van der Waals surface area contributed by atoms with Gasteiger partial charge in [-0.15, -0.1) is 10.2 Å². The average molecular weight is 241 g/mol. The molecule has 0 amide bonds. The lowest BCUT2D eigenvalue weighted by atomic mass is 10.2. The van der Waals surface area contributed by atoms with Crippen LogP contribution in [-0.4, -0.2) is 29.8 Å². The quantitative estimate of drug-likeness (QED) is 0.250. The van der Waals surface area contributed by atoms with Gasteiger partial charge in [-0.25, -0.2) is 4.79 Å². The Kier molecular flexibility index (Phi) is 5.24. The van der Waals surface area contributed by atoms with Crippen LogP contribution in [0.15, 0.2) is 5.11 Å². The van der Waals surface area contributed by atoms with Crippen molar-refractivity contribution in [2.75, 3.05) is 13.7 Å². The molecule has 0 N–H and O–H groups in total. The van der Waals surface area contributed by atoms with E-state index in [1.807, 2.05) is 0 Å². The second-order valence-electron chi connectivity index (χ2n) is 2.90. The molecule has 0 spiro atoms. The highest BCUT2D eigenvalue weighted by Crippen LogP contribution is 2.13. The number of nitrogens with zero attached hydrogens (tertiary/aromatic N) is 5. The molecule has 7 nitrogen and oxygen atoms in total. The van der Waals surface area contributed by atoms with E-state index in [-0.39, 0.29) is 5.01 Å². The Morgan fingerprint density at radius 1 is 1.56 bits per heavy atom. The normalized spacial score (nSPS) is 9.56. The van der Waals surface area contributed by atoms with Gasteiger partial charge < -0.3 is 4.74 Å². The number of hydrogen-bond acceptors (Lipinski definition) is 6. The van der Waals surface area contributed by atoms with Crippen molar-refractivity contribution in [3.63, 3.8) is 0 Å². The van der Waals surface area contributed by atoms with Crippen LogP contribution in [0.2, 0.25) is 0 Å². The summed E-state index contributed by atoms with van der Waals surface area (Å²) in [6, 6.07) is 0. The number of unbranched alkanes of at least 4 members (excludes halogenated alkanes) is 1. The molecule has 0 aliphatic rings. The van der Waals surface area contributed by atoms with E-state index in [0.29, 0.717) is 6.54 Å². The Bertz CT molecular complexity index is 399. The van der Waals surface area contributed by atoms with Crippen LogP contribution in [0.1, 0.15) is 27.7 Å². The minimum absolute atomic E-state index is 0.271. The maximum absolute atomic E-state index is 11.1. The van der Waals surface area contributed by atoms with Gasteiger partial charge in [-0.3, -0.25) is 0 Å². The van der Waals surface area contributed by atoms with Crippen LogP contribution in [0.3, 0.4) is 0 Å². The van der Waals surface area contributed by atoms with Crippen LogP contribution in [-0.2, 0) is 11.2 Å². The third kappa shape index (κ3) is 3.84. The molecule has 1 aromatic rings. The summed E-state index contributed by atoms with van der Waals surface area (Å²) in [5.74, 6) is -0.460. The van der Waals surface area contributed by atoms with Gasteiger partial charge in [-0.05, 0) is 18.4 Å². The maximum atomic E-state index is 11.1. The number of hydrogen-bond donors (Lipinski definition) is 0. The van der Waals surface area contributed by atoms with Gasteiger partial charge in [0, 0.05) is 17.9 Å². The largest absolute Gasteiger partial charge is 0.464 e. The van der Waals surface area contributed by atoms with E-state index >= 15 is 0 Å². The molecule has 0 radical (unpaired) electrons. The molecule has 0 atom stereocenters. The zero-order valence-corrected chi connectivity index (χ0v) is 9.61. The molecule has 1 rings (SSSR count). The van der Waals surface area contributed by atoms with E-state index in [2.05, 4.69) is 25.0 Å². The van der Waals surface area contributed by atoms with Gasteiger partial charge in [0.2, 0.25) is 5.01 Å². The highest BCUT2D eigenvalue weighted by Gasteiger charge is 2.12. The standard InChI is InChI=1S/C8H11N5O2S/c1-15-8(14)7-12-11-6(16-7)4-2-3-5-10-13-9/h2-5H2,1H3. The summed E-state index contributed by atoms with van der Waals surface area (Å²) in [4.78, 5) is 13.7. The summed E-state index contributed by atoms with van der Waals surface area (Å²) in [6.45, 7) is 0.485. The van der Waals surface area contributed by atoms with Gasteiger partial charge in [0.1, 0.15) is 5.01 Å². The highest BCUT2D eigenvalue weighted by molar-refractivity contribution is 7.13. The predicted octanol–water partition coefficient (Wildman–Crippen LogP) is 1.96. The Hall–Kier alpha value is -1.66. The predicted molar refractivity (Wildman–Crippen MR) is 58.2 cm³/mol. The first-order valence-electron chi connectivity index (χ1n) is 4.69. The van der Waals surface area contributed by atoms with Crippen molar-refractivity contribution in [1.82, 2.24) is 10.2 Å². The molecule has 16 heavy (non-hydrogen) atoms. The summed E-state index contributed by atoms with van der Waals surface area (Å²) >= 11 is 1.23. The third-order valence-electron chi connectivity index (χ3n) is 1.79. The van der Waals surface area contributed by atoms with Gasteiger partial charge in [-0.1, -0.05) is 16.5 Å². The van der Waals surface area contributed by atoms with Crippen LogP contribution in [0.25, 0.3) is 10.4 Å². The van der Waals surface area contributed by atoms with Crippen LogP contribution in [0.5, 0.6) is 0 Å². The number of carbonyl (C=O) groups excluding carboxylic acids is 1. The molecule has 0 aromatic carbocycles. The fourth-order valence-electron chi connectivity index (χ4n) is 1.03. The zero-order valence-electron chi connectivity index (χ0n) is 8.79. The van der Waals surface area contributed by atoms with Crippen molar-refractivity contribution < 1.29 is 9.53 Å². The number of carbonyl (C=O) groups is 1. The zero-order chi connectivity index (χ0) is 11.8. The first kappa shape index (κ1) is 12.4. The molecule has 0 fully saturated rings. The molecule has 86 valence electrons. The van der Waals surface area contributed by atoms with Gasteiger partial charge in [0.15, 0.2) is 0 Å². The van der Waals surface area contributed by atoms with Gasteiger partial charge in [0.25, 0.3) is 0 Å². The summed E-state index contributed by atoms with van der Waals surface area (Å²) in [5.41, 5.74) is 8.06. The third-order valence-corrected chi connectivity index (χ3v) is 2.75. The molecule has 0 aliphatic carbocycles. The second-order valence-corrected chi connectivity index (χ2v) is 3.97. The van der Waals surface area contributed by atoms with Crippen LogP contribution < -0.4 is 0 Å². The first-order valence-corrected chi connectivity index (χ1v) is 5.51. The summed E-state index contributed by atoms with van der Waals surface area (Å²) in [6.07, 6.45) is 2.39. The van der Waals surface area contributed by atoms with Crippen molar-refractivity contribution in [3.8, 4) is 0 Å². The first-order chi connectivity index (χ1) is 7.77. The fraction of sp³-hybridized carbons (Fsp3) is 0.625. The fourth-order valence-corrected chi connectivity index (χ4v) is 1.83. The monoisotopic (exact) mass is 241 g/mol. The summed E-state index contributed by atoms with van der Waals surface area (Å²) < 4.78 is 4.52. The average Bonchev–Trinajstić information content (AvgIpc) is 2.76. The van der Waals surface area contributed by atoms with E-state index in [1.54, 1.807) is 0 Å². The van der Waals surface area contributed by atoms with Crippen molar-refractivity contribution >= 4 is 17.3 Å². The molecule has 0 saturated heterocycles. The second kappa shape index (κ2) is 6.76. The number of esters is 1. The van der Waals surface area contributed by atoms with E-state index in [1.165, 1.54) is 18.4 Å². The molecule has 8 heteroatoms. The Morgan fingerprint density at radius 2 is 2.38 bits per heavy atom. The molecule has 0 aliphatic heterocycles. The number of ether oxygens (including phenoxy) is 1. The number of azide groups is 1. The lowest BCUT2D eigenvalue weighted by molar-refractivity contribution is 0.0599.